The largest absolute Gasteiger partial charge is 0.495 e. The number of rotatable bonds is 7. The number of alkyl halides is 1. The fraction of sp³-hybridized carbons (Fsp3) is 0.476. The van der Waals surface area contributed by atoms with Crippen LogP contribution in [0.2, 0.25) is 0 Å². The Labute approximate surface area is 173 Å². The van der Waals surface area contributed by atoms with Crippen molar-refractivity contribution in [2.24, 2.45) is 4.99 Å². The van der Waals surface area contributed by atoms with Crippen LogP contribution in [0.1, 0.15) is 36.6 Å². The minimum absolute atomic E-state index is 0.213. The van der Waals surface area contributed by atoms with Crippen molar-refractivity contribution in [1.29, 1.82) is 0 Å². The van der Waals surface area contributed by atoms with E-state index in [1.54, 1.807) is 11.8 Å². The van der Waals surface area contributed by atoms with Gasteiger partial charge in [0.15, 0.2) is 5.49 Å². The van der Waals surface area contributed by atoms with Crippen LogP contribution in [-0.4, -0.2) is 47.2 Å². The predicted molar refractivity (Wildman–Crippen MR) is 110 cm³/mol. The second kappa shape index (κ2) is 8.91. The highest BCUT2D eigenvalue weighted by atomic mass is 19.1. The third kappa shape index (κ3) is 4.67. The van der Waals surface area contributed by atoms with Gasteiger partial charge in [-0.05, 0) is 31.9 Å². The van der Waals surface area contributed by atoms with Gasteiger partial charge in [-0.15, -0.1) is 0 Å². The number of anilines is 1. The summed E-state index contributed by atoms with van der Waals surface area (Å²) in [7, 11) is 1.61. The van der Waals surface area contributed by atoms with Gasteiger partial charge in [0, 0.05) is 30.8 Å². The van der Waals surface area contributed by atoms with E-state index in [1.807, 2.05) is 6.07 Å². The zero-order valence-electron chi connectivity index (χ0n) is 16.9. The summed E-state index contributed by atoms with van der Waals surface area (Å²) in [6.07, 6.45) is 2.96. The summed E-state index contributed by atoms with van der Waals surface area (Å²) in [5, 5.41) is 10.9. The molecule has 2 unspecified atom stereocenters. The van der Waals surface area contributed by atoms with Crippen molar-refractivity contribution in [2.75, 3.05) is 25.5 Å². The van der Waals surface area contributed by atoms with E-state index in [0.717, 1.165) is 18.5 Å². The van der Waals surface area contributed by atoms with Crippen LogP contribution in [-0.2, 0) is 6.54 Å². The van der Waals surface area contributed by atoms with Gasteiger partial charge in [0.1, 0.15) is 29.3 Å². The van der Waals surface area contributed by atoms with Gasteiger partial charge >= 0.3 is 0 Å². The average molecular weight is 416 g/mol. The van der Waals surface area contributed by atoms with Crippen LogP contribution < -0.4 is 20.9 Å². The van der Waals surface area contributed by atoms with E-state index in [0.29, 0.717) is 48.2 Å². The van der Waals surface area contributed by atoms with Gasteiger partial charge in [-0.2, -0.15) is 5.10 Å². The van der Waals surface area contributed by atoms with Crippen LogP contribution in [0.4, 0.5) is 14.6 Å². The molecule has 1 saturated heterocycles. The standard InChI is InChI=1S/C21H26F2N6O/c1-3-25-20-10-18(30-2)21(13-4-5-13)28-29(20)12-15-8-14(22)9-19(26-15)27-17-11-24-7-6-16(17)23/h3,8-10,13,16-17,24H,1,4-7,11-12H2,2H3,(H,26,27). The third-order valence-corrected chi connectivity index (χ3v) is 5.30. The van der Waals surface area contributed by atoms with Crippen molar-refractivity contribution in [1.82, 2.24) is 20.1 Å². The molecule has 1 aliphatic carbocycles. The molecule has 7 nitrogen and oxygen atoms in total. The van der Waals surface area contributed by atoms with Crippen LogP contribution in [0.25, 0.3) is 0 Å². The molecule has 4 rings (SSSR count). The summed E-state index contributed by atoms with van der Waals surface area (Å²) < 4.78 is 35.6. The molecule has 2 atom stereocenters. The monoisotopic (exact) mass is 416 g/mol. The van der Waals surface area contributed by atoms with Crippen molar-refractivity contribution in [3.8, 4) is 5.75 Å². The fourth-order valence-corrected chi connectivity index (χ4v) is 3.63. The predicted octanol–water partition coefficient (Wildman–Crippen LogP) is 2.51. The maximum absolute atomic E-state index is 14.3. The second-order valence-corrected chi connectivity index (χ2v) is 7.62. The number of nitrogens with zero attached hydrogens (tertiary/aromatic N) is 4. The van der Waals surface area contributed by atoms with E-state index in [2.05, 4.69) is 27.2 Å². The number of piperidine rings is 1. The molecule has 30 heavy (non-hydrogen) atoms. The molecule has 2 aromatic heterocycles. The maximum atomic E-state index is 14.3. The van der Waals surface area contributed by atoms with Crippen LogP contribution in [0, 0.1) is 5.82 Å². The first kappa shape index (κ1) is 20.5. The van der Waals surface area contributed by atoms with Crippen LogP contribution in [0.5, 0.6) is 5.75 Å². The number of nitrogens with one attached hydrogen (secondary N) is 2. The average Bonchev–Trinajstić information content (AvgIpc) is 3.56. The lowest BCUT2D eigenvalue weighted by atomic mass is 10.1. The lowest BCUT2D eigenvalue weighted by Gasteiger charge is -2.28. The minimum Gasteiger partial charge on any atom is -0.495 e. The summed E-state index contributed by atoms with van der Waals surface area (Å²) in [5.74, 6) is 0.908. The quantitative estimate of drug-likeness (QED) is 0.725. The van der Waals surface area contributed by atoms with Gasteiger partial charge in [0.25, 0.3) is 0 Å². The minimum atomic E-state index is -1.00. The van der Waals surface area contributed by atoms with Gasteiger partial charge in [-0.25, -0.2) is 23.4 Å². The molecular formula is C21H26F2N6O. The lowest BCUT2D eigenvalue weighted by Crippen LogP contribution is -2.46. The van der Waals surface area contributed by atoms with E-state index < -0.39 is 18.0 Å². The first-order valence-corrected chi connectivity index (χ1v) is 10.2. The number of hydrogen-bond donors (Lipinski definition) is 2. The van der Waals surface area contributed by atoms with Crippen molar-refractivity contribution in [3.05, 3.63) is 53.7 Å². The Morgan fingerprint density at radius 1 is 1.37 bits per heavy atom. The molecule has 1 saturated carbocycles. The van der Waals surface area contributed by atoms with Gasteiger partial charge in [-0.3, -0.25) is 0 Å². The van der Waals surface area contributed by atoms with Gasteiger partial charge in [0.2, 0.25) is 0 Å². The summed E-state index contributed by atoms with van der Waals surface area (Å²) >= 11 is 0. The smallest absolute Gasteiger partial charge is 0.152 e. The molecule has 2 aromatic rings. The number of methoxy groups -OCH3 is 1. The first-order valence-electron chi connectivity index (χ1n) is 10.2. The Balaban J connectivity index is 1.63. The van der Waals surface area contributed by atoms with Crippen LogP contribution >= 0.6 is 0 Å². The normalized spacial score (nSPS) is 22.0. The molecule has 0 spiro atoms. The summed E-state index contributed by atoms with van der Waals surface area (Å²) in [5.41, 5.74) is 1.86. The molecule has 1 aliphatic heterocycles. The van der Waals surface area contributed by atoms with Crippen LogP contribution in [0.3, 0.4) is 0 Å². The van der Waals surface area contributed by atoms with Crippen LogP contribution in [0.15, 0.2) is 36.0 Å². The number of halogens is 2. The highest BCUT2D eigenvalue weighted by molar-refractivity contribution is 5.38. The maximum Gasteiger partial charge on any atom is 0.152 e. The highest BCUT2D eigenvalue weighted by Gasteiger charge is 2.29. The Hall–Kier alpha value is -2.81. The zero-order chi connectivity index (χ0) is 21.1. The Bertz CT molecular complexity index is 988. The molecule has 9 heteroatoms. The molecule has 0 radical (unpaired) electrons. The van der Waals surface area contributed by atoms with E-state index in [9.17, 15) is 8.78 Å². The van der Waals surface area contributed by atoms with Crippen molar-refractivity contribution < 1.29 is 13.5 Å². The SMILES string of the molecule is C=CN=c1cc(OC)c(C2CC2)nn1Cc1cc(F)cc(NC2CNCCC2F)n1. The van der Waals surface area contributed by atoms with E-state index in [1.165, 1.54) is 18.3 Å². The number of ether oxygens (including phenoxy) is 1. The highest BCUT2D eigenvalue weighted by Crippen LogP contribution is 2.42. The fourth-order valence-electron chi connectivity index (χ4n) is 3.63. The van der Waals surface area contributed by atoms with Crippen molar-refractivity contribution in [2.45, 2.75) is 43.9 Å². The van der Waals surface area contributed by atoms with Gasteiger partial charge in [0.05, 0.1) is 25.4 Å². The lowest BCUT2D eigenvalue weighted by molar-refractivity contribution is 0.241. The summed E-state index contributed by atoms with van der Waals surface area (Å²) in [6, 6.07) is 3.99. The zero-order valence-corrected chi connectivity index (χ0v) is 16.9. The third-order valence-electron chi connectivity index (χ3n) is 5.30. The topological polar surface area (TPSA) is 76.4 Å². The molecule has 2 N–H and O–H groups in total. The van der Waals surface area contributed by atoms with E-state index >= 15 is 0 Å². The van der Waals surface area contributed by atoms with Crippen molar-refractivity contribution >= 4 is 5.82 Å². The molecule has 0 amide bonds. The molecule has 0 aromatic carbocycles. The van der Waals surface area contributed by atoms with E-state index in [-0.39, 0.29) is 6.54 Å². The summed E-state index contributed by atoms with van der Waals surface area (Å²) in [6.45, 7) is 4.97. The first-order chi connectivity index (χ1) is 14.6. The van der Waals surface area contributed by atoms with Gasteiger partial charge in [-0.1, -0.05) is 6.58 Å². The Morgan fingerprint density at radius 2 is 2.20 bits per heavy atom. The molecule has 3 heterocycles. The Morgan fingerprint density at radius 3 is 2.90 bits per heavy atom. The second-order valence-electron chi connectivity index (χ2n) is 7.62. The molecule has 160 valence electrons. The number of pyridine rings is 1. The summed E-state index contributed by atoms with van der Waals surface area (Å²) in [4.78, 5) is 8.76. The molecule has 2 aliphatic rings. The molecule has 0 bridgehead atoms. The molecule has 2 fully saturated rings. The van der Waals surface area contributed by atoms with Crippen molar-refractivity contribution in [3.63, 3.8) is 0 Å². The number of aromatic nitrogens is 3. The van der Waals surface area contributed by atoms with Gasteiger partial charge < -0.3 is 15.4 Å². The van der Waals surface area contributed by atoms with E-state index in [4.69, 9.17) is 9.84 Å². The Kier molecular flexibility index (Phi) is 6.08. The number of hydrogen-bond acceptors (Lipinski definition) is 6. The molecular weight excluding hydrogens is 390 g/mol.